The van der Waals surface area contributed by atoms with Crippen molar-refractivity contribution in [2.24, 2.45) is 0 Å². The highest BCUT2D eigenvalue weighted by Gasteiger charge is 2.21. The van der Waals surface area contributed by atoms with Crippen LogP contribution in [0, 0.1) is 13.8 Å². The zero-order valence-electron chi connectivity index (χ0n) is 14.5. The summed E-state index contributed by atoms with van der Waals surface area (Å²) in [6, 6.07) is 2.01. The molecule has 134 valence electrons. The fourth-order valence-electron chi connectivity index (χ4n) is 3.10. The fourth-order valence-corrected chi connectivity index (χ4v) is 3.81. The van der Waals surface area contributed by atoms with Crippen molar-refractivity contribution in [3.63, 3.8) is 0 Å². The predicted molar refractivity (Wildman–Crippen MR) is 97.3 cm³/mol. The Morgan fingerprint density at radius 3 is 2.80 bits per heavy atom. The number of aromatic nitrogens is 3. The minimum atomic E-state index is -0.313. The summed E-state index contributed by atoms with van der Waals surface area (Å²) in [5.74, 6) is -0.313. The molecule has 0 aliphatic carbocycles. The normalized spacial score (nSPS) is 15.3. The molecule has 0 bridgehead atoms. The van der Waals surface area contributed by atoms with Gasteiger partial charge < -0.3 is 15.2 Å². The van der Waals surface area contributed by atoms with Gasteiger partial charge in [-0.1, -0.05) is 0 Å². The van der Waals surface area contributed by atoms with Gasteiger partial charge in [-0.3, -0.25) is 9.59 Å². The quantitative estimate of drug-likeness (QED) is 0.836. The van der Waals surface area contributed by atoms with Gasteiger partial charge in [0.2, 0.25) is 0 Å². The van der Waals surface area contributed by atoms with Crippen LogP contribution in [0.2, 0.25) is 0 Å². The van der Waals surface area contributed by atoms with Gasteiger partial charge in [-0.2, -0.15) is 0 Å². The van der Waals surface area contributed by atoms with E-state index in [1.807, 2.05) is 19.2 Å². The van der Waals surface area contributed by atoms with E-state index in [1.54, 1.807) is 11.5 Å². The van der Waals surface area contributed by atoms with E-state index < -0.39 is 0 Å². The van der Waals surface area contributed by atoms with Crippen LogP contribution in [0.15, 0.2) is 17.1 Å². The zero-order valence-corrected chi connectivity index (χ0v) is 15.4. The Hall–Kier alpha value is -2.06. The van der Waals surface area contributed by atoms with E-state index in [9.17, 15) is 9.59 Å². The Morgan fingerprint density at radius 1 is 1.36 bits per heavy atom. The van der Waals surface area contributed by atoms with E-state index in [1.165, 1.54) is 11.3 Å². The van der Waals surface area contributed by atoms with Crippen LogP contribution in [0.25, 0.3) is 0 Å². The second-order valence-electron chi connectivity index (χ2n) is 6.29. The molecular formula is C17H23N5O2S. The molecule has 1 aliphatic heterocycles. The summed E-state index contributed by atoms with van der Waals surface area (Å²) in [5.41, 5.74) is 0.755. The first kappa shape index (κ1) is 17.8. The number of nitrogens with one attached hydrogen (secondary N) is 2. The SMILES string of the molecule is Cc1nnc(CCNC(=O)c2c(C)ccn(C3CCNCC3)c2=O)s1. The average Bonchev–Trinajstić information content (AvgIpc) is 3.01. The molecule has 3 rings (SSSR count). The summed E-state index contributed by atoms with van der Waals surface area (Å²) in [6.45, 7) is 5.93. The van der Waals surface area contributed by atoms with E-state index in [-0.39, 0.29) is 23.1 Å². The van der Waals surface area contributed by atoms with Crippen molar-refractivity contribution in [3.05, 3.63) is 43.8 Å². The van der Waals surface area contributed by atoms with Crippen LogP contribution < -0.4 is 16.2 Å². The van der Waals surface area contributed by atoms with Crippen LogP contribution in [0.5, 0.6) is 0 Å². The molecule has 1 saturated heterocycles. The molecule has 2 aromatic heterocycles. The highest BCUT2D eigenvalue weighted by atomic mass is 32.1. The van der Waals surface area contributed by atoms with Crippen molar-refractivity contribution in [2.45, 2.75) is 39.2 Å². The summed E-state index contributed by atoms with van der Waals surface area (Å²) in [6.07, 6.45) is 4.24. The Labute approximate surface area is 150 Å². The molecule has 1 amide bonds. The van der Waals surface area contributed by atoms with Crippen molar-refractivity contribution in [3.8, 4) is 0 Å². The Kier molecular flexibility index (Phi) is 5.60. The number of carbonyl (C=O) groups is 1. The van der Waals surface area contributed by atoms with Crippen LogP contribution in [0.1, 0.15) is 44.8 Å². The maximum absolute atomic E-state index is 12.8. The number of nitrogens with zero attached hydrogens (tertiary/aromatic N) is 3. The Bertz CT molecular complexity index is 808. The van der Waals surface area contributed by atoms with Gasteiger partial charge in [0.25, 0.3) is 11.5 Å². The van der Waals surface area contributed by atoms with Gasteiger partial charge in [0, 0.05) is 25.2 Å². The van der Waals surface area contributed by atoms with Crippen LogP contribution in [-0.2, 0) is 6.42 Å². The van der Waals surface area contributed by atoms with Crippen molar-refractivity contribution < 1.29 is 4.79 Å². The van der Waals surface area contributed by atoms with Gasteiger partial charge in [0.1, 0.15) is 15.6 Å². The topological polar surface area (TPSA) is 88.9 Å². The number of pyridine rings is 1. The van der Waals surface area contributed by atoms with E-state index >= 15 is 0 Å². The first-order valence-electron chi connectivity index (χ1n) is 8.56. The smallest absolute Gasteiger partial charge is 0.263 e. The number of rotatable bonds is 5. The lowest BCUT2D eigenvalue weighted by atomic mass is 10.0. The number of hydrogen-bond donors (Lipinski definition) is 2. The second-order valence-corrected chi connectivity index (χ2v) is 7.55. The third kappa shape index (κ3) is 4.13. The van der Waals surface area contributed by atoms with Crippen LogP contribution in [-0.4, -0.2) is 40.3 Å². The van der Waals surface area contributed by atoms with Gasteiger partial charge >= 0.3 is 0 Å². The van der Waals surface area contributed by atoms with Gasteiger partial charge in [0.05, 0.1) is 0 Å². The molecule has 7 nitrogen and oxygen atoms in total. The Balaban J connectivity index is 1.71. The monoisotopic (exact) mass is 361 g/mol. The Morgan fingerprint density at radius 2 is 2.12 bits per heavy atom. The third-order valence-corrected chi connectivity index (χ3v) is 5.35. The highest BCUT2D eigenvalue weighted by Crippen LogP contribution is 2.17. The van der Waals surface area contributed by atoms with Gasteiger partial charge in [-0.25, -0.2) is 0 Å². The summed E-state index contributed by atoms with van der Waals surface area (Å²) in [7, 11) is 0. The number of carbonyl (C=O) groups excluding carboxylic acids is 1. The van der Waals surface area contributed by atoms with Crippen LogP contribution in [0.4, 0.5) is 0 Å². The molecule has 2 N–H and O–H groups in total. The lowest BCUT2D eigenvalue weighted by Gasteiger charge is -2.25. The molecule has 8 heteroatoms. The first-order chi connectivity index (χ1) is 12.1. The molecular weight excluding hydrogens is 338 g/mol. The summed E-state index contributed by atoms with van der Waals surface area (Å²) in [4.78, 5) is 25.4. The molecule has 3 heterocycles. The predicted octanol–water partition coefficient (Wildman–Crippen LogP) is 1.21. The number of amides is 1. The molecule has 0 saturated carbocycles. The molecule has 0 radical (unpaired) electrons. The lowest BCUT2D eigenvalue weighted by molar-refractivity contribution is 0.0951. The third-order valence-electron chi connectivity index (χ3n) is 4.45. The lowest BCUT2D eigenvalue weighted by Crippen LogP contribution is -2.38. The van der Waals surface area contributed by atoms with Crippen LogP contribution >= 0.6 is 11.3 Å². The van der Waals surface area contributed by atoms with E-state index in [0.717, 1.165) is 35.9 Å². The minimum absolute atomic E-state index is 0.158. The van der Waals surface area contributed by atoms with E-state index in [0.29, 0.717) is 18.5 Å². The highest BCUT2D eigenvalue weighted by molar-refractivity contribution is 7.11. The van der Waals surface area contributed by atoms with Crippen molar-refractivity contribution >= 4 is 17.2 Å². The maximum Gasteiger partial charge on any atom is 0.263 e. The van der Waals surface area contributed by atoms with Crippen LogP contribution in [0.3, 0.4) is 0 Å². The van der Waals surface area contributed by atoms with Crippen molar-refractivity contribution in [1.82, 2.24) is 25.4 Å². The molecule has 0 atom stereocenters. The summed E-state index contributed by atoms with van der Waals surface area (Å²) >= 11 is 1.52. The van der Waals surface area contributed by atoms with Crippen molar-refractivity contribution in [2.75, 3.05) is 19.6 Å². The van der Waals surface area contributed by atoms with Crippen molar-refractivity contribution in [1.29, 1.82) is 0 Å². The number of hydrogen-bond acceptors (Lipinski definition) is 6. The minimum Gasteiger partial charge on any atom is -0.351 e. The van der Waals surface area contributed by atoms with E-state index in [2.05, 4.69) is 20.8 Å². The van der Waals surface area contributed by atoms with Gasteiger partial charge in [0.15, 0.2) is 0 Å². The molecule has 0 spiro atoms. The second kappa shape index (κ2) is 7.88. The average molecular weight is 361 g/mol. The molecule has 25 heavy (non-hydrogen) atoms. The molecule has 1 aliphatic rings. The molecule has 0 aromatic carbocycles. The molecule has 1 fully saturated rings. The van der Waals surface area contributed by atoms with Gasteiger partial charge in [-0.05, 0) is 51.4 Å². The fraction of sp³-hybridized carbons (Fsp3) is 0.529. The summed E-state index contributed by atoms with van der Waals surface area (Å²) in [5, 5.41) is 15.9. The maximum atomic E-state index is 12.8. The molecule has 2 aromatic rings. The number of piperidine rings is 1. The largest absolute Gasteiger partial charge is 0.351 e. The summed E-state index contributed by atoms with van der Waals surface area (Å²) < 4.78 is 1.72. The standard InChI is InChI=1S/C17H23N5O2S/c1-11-6-10-22(13-3-7-18-8-4-13)17(24)15(11)16(23)19-9-5-14-21-20-12(2)25-14/h6,10,13,18H,3-5,7-9H2,1-2H3,(H,19,23). The van der Waals surface area contributed by atoms with Gasteiger partial charge in [-0.15, -0.1) is 21.5 Å². The zero-order chi connectivity index (χ0) is 17.8. The number of aryl methyl sites for hydroxylation is 2. The van der Waals surface area contributed by atoms with E-state index in [4.69, 9.17) is 0 Å². The molecule has 0 unspecified atom stereocenters. The first-order valence-corrected chi connectivity index (χ1v) is 9.37.